The summed E-state index contributed by atoms with van der Waals surface area (Å²) < 4.78 is 5.90. The number of hydrogen-bond acceptors (Lipinski definition) is 3. The van der Waals surface area contributed by atoms with Crippen LogP contribution >= 0.6 is 11.6 Å². The number of rotatable bonds is 7. The third kappa shape index (κ3) is 5.03. The van der Waals surface area contributed by atoms with Crippen molar-refractivity contribution in [3.8, 4) is 5.75 Å². The van der Waals surface area contributed by atoms with Crippen LogP contribution in [0.5, 0.6) is 5.75 Å². The number of nitrogens with zero attached hydrogens (tertiary/aromatic N) is 1. The molecule has 0 atom stereocenters. The summed E-state index contributed by atoms with van der Waals surface area (Å²) in [4.78, 5) is 4.10. The largest absolute Gasteiger partial charge is 0.493 e. The second kappa shape index (κ2) is 8.01. The van der Waals surface area contributed by atoms with Gasteiger partial charge in [0.2, 0.25) is 0 Å². The van der Waals surface area contributed by atoms with Crippen molar-refractivity contribution in [2.24, 2.45) is 0 Å². The average molecular weight is 305 g/mol. The molecule has 0 bridgehead atoms. The molecule has 1 heterocycles. The smallest absolute Gasteiger partial charge is 0.125 e. The summed E-state index contributed by atoms with van der Waals surface area (Å²) in [5.74, 6) is 0.847. The predicted octanol–water partition coefficient (Wildman–Crippen LogP) is 3.85. The topological polar surface area (TPSA) is 34.1 Å². The van der Waals surface area contributed by atoms with Crippen LogP contribution in [0.15, 0.2) is 42.7 Å². The highest BCUT2D eigenvalue weighted by Gasteiger charge is 2.08. The van der Waals surface area contributed by atoms with E-state index in [1.165, 1.54) is 5.56 Å². The number of halogens is 1. The molecule has 0 saturated heterocycles. The van der Waals surface area contributed by atoms with Crippen LogP contribution in [0.1, 0.15) is 25.0 Å². The average Bonchev–Trinajstić information content (AvgIpc) is 2.47. The zero-order chi connectivity index (χ0) is 15.1. The standard InChI is InChI=1S/C17H21ClN2O/c1-13(2)20-12-15-16(18)6-3-7-17(15)21-10-8-14-5-4-9-19-11-14/h3-7,9,11,13,20H,8,10,12H2,1-2H3. The van der Waals surface area contributed by atoms with Crippen LogP contribution in [0, 0.1) is 0 Å². The van der Waals surface area contributed by atoms with E-state index in [2.05, 4.69) is 30.2 Å². The van der Waals surface area contributed by atoms with Gasteiger partial charge in [0.15, 0.2) is 0 Å². The summed E-state index contributed by atoms with van der Waals surface area (Å²) in [7, 11) is 0. The molecule has 1 aromatic heterocycles. The van der Waals surface area contributed by atoms with Gasteiger partial charge in [-0.25, -0.2) is 0 Å². The van der Waals surface area contributed by atoms with Crippen LogP contribution in [0.25, 0.3) is 0 Å². The Kier molecular flexibility index (Phi) is 6.03. The summed E-state index contributed by atoms with van der Waals surface area (Å²) in [6.07, 6.45) is 4.47. The van der Waals surface area contributed by atoms with Crippen molar-refractivity contribution in [2.75, 3.05) is 6.61 Å². The Bertz CT molecular complexity index is 558. The van der Waals surface area contributed by atoms with E-state index in [4.69, 9.17) is 16.3 Å². The molecule has 3 nitrogen and oxygen atoms in total. The maximum Gasteiger partial charge on any atom is 0.125 e. The Hall–Kier alpha value is -1.58. The molecule has 1 N–H and O–H groups in total. The van der Waals surface area contributed by atoms with Gasteiger partial charge in [0.25, 0.3) is 0 Å². The summed E-state index contributed by atoms with van der Waals surface area (Å²) in [6.45, 7) is 5.54. The summed E-state index contributed by atoms with van der Waals surface area (Å²) in [5.41, 5.74) is 2.18. The Balaban J connectivity index is 1.97. The molecular formula is C17H21ClN2O. The number of ether oxygens (including phenoxy) is 1. The molecule has 2 rings (SSSR count). The van der Waals surface area contributed by atoms with Crippen molar-refractivity contribution in [2.45, 2.75) is 32.9 Å². The van der Waals surface area contributed by atoms with Crippen LogP contribution in [-0.2, 0) is 13.0 Å². The van der Waals surface area contributed by atoms with E-state index in [1.54, 1.807) is 6.20 Å². The highest BCUT2D eigenvalue weighted by Crippen LogP contribution is 2.26. The molecule has 0 aliphatic heterocycles. The second-order valence-corrected chi connectivity index (χ2v) is 5.62. The molecule has 4 heteroatoms. The summed E-state index contributed by atoms with van der Waals surface area (Å²) in [5, 5.41) is 4.11. The van der Waals surface area contributed by atoms with E-state index < -0.39 is 0 Å². The summed E-state index contributed by atoms with van der Waals surface area (Å²) >= 11 is 6.28. The molecule has 2 aromatic rings. The number of aromatic nitrogens is 1. The van der Waals surface area contributed by atoms with Gasteiger partial charge in [-0.2, -0.15) is 0 Å². The number of pyridine rings is 1. The Labute approximate surface area is 131 Å². The molecule has 0 radical (unpaired) electrons. The van der Waals surface area contributed by atoms with Crippen LogP contribution in [0.2, 0.25) is 5.02 Å². The van der Waals surface area contributed by atoms with E-state index >= 15 is 0 Å². The zero-order valence-corrected chi connectivity index (χ0v) is 13.2. The lowest BCUT2D eigenvalue weighted by molar-refractivity contribution is 0.317. The Morgan fingerprint density at radius 1 is 1.24 bits per heavy atom. The maximum absolute atomic E-state index is 6.28. The van der Waals surface area contributed by atoms with Gasteiger partial charge in [0.1, 0.15) is 5.75 Å². The molecular weight excluding hydrogens is 284 g/mol. The molecule has 0 spiro atoms. The van der Waals surface area contributed by atoms with E-state index in [0.717, 1.165) is 22.8 Å². The van der Waals surface area contributed by atoms with Gasteiger partial charge in [0.05, 0.1) is 6.61 Å². The van der Waals surface area contributed by atoms with Crippen molar-refractivity contribution in [3.05, 3.63) is 58.9 Å². The van der Waals surface area contributed by atoms with Crippen molar-refractivity contribution in [1.29, 1.82) is 0 Å². The lowest BCUT2D eigenvalue weighted by Crippen LogP contribution is -2.22. The molecule has 21 heavy (non-hydrogen) atoms. The fourth-order valence-electron chi connectivity index (χ4n) is 1.98. The van der Waals surface area contributed by atoms with Gasteiger partial charge < -0.3 is 10.1 Å². The van der Waals surface area contributed by atoms with E-state index in [1.807, 2.05) is 30.5 Å². The van der Waals surface area contributed by atoms with E-state index in [-0.39, 0.29) is 0 Å². The van der Waals surface area contributed by atoms with Crippen LogP contribution in [0.4, 0.5) is 0 Å². The van der Waals surface area contributed by atoms with Crippen molar-refractivity contribution >= 4 is 11.6 Å². The van der Waals surface area contributed by atoms with Gasteiger partial charge in [-0.1, -0.05) is 37.6 Å². The Morgan fingerprint density at radius 2 is 2.10 bits per heavy atom. The molecule has 0 fully saturated rings. The number of hydrogen-bond donors (Lipinski definition) is 1. The third-order valence-electron chi connectivity index (χ3n) is 3.13. The third-order valence-corrected chi connectivity index (χ3v) is 3.49. The minimum Gasteiger partial charge on any atom is -0.493 e. The second-order valence-electron chi connectivity index (χ2n) is 5.21. The molecule has 1 aromatic carbocycles. The first-order valence-corrected chi connectivity index (χ1v) is 7.57. The molecule has 0 aliphatic rings. The highest BCUT2D eigenvalue weighted by molar-refractivity contribution is 6.31. The predicted molar refractivity (Wildman–Crippen MR) is 86.9 cm³/mol. The summed E-state index contributed by atoms with van der Waals surface area (Å²) in [6, 6.07) is 10.2. The van der Waals surface area contributed by atoms with E-state index in [0.29, 0.717) is 19.2 Å². The fourth-order valence-corrected chi connectivity index (χ4v) is 2.21. The molecule has 112 valence electrons. The first kappa shape index (κ1) is 15.8. The molecule has 0 unspecified atom stereocenters. The van der Waals surface area contributed by atoms with Crippen LogP contribution < -0.4 is 10.1 Å². The van der Waals surface area contributed by atoms with Crippen molar-refractivity contribution in [3.63, 3.8) is 0 Å². The van der Waals surface area contributed by atoms with Crippen LogP contribution in [0.3, 0.4) is 0 Å². The van der Waals surface area contributed by atoms with Gasteiger partial charge in [0, 0.05) is 42.0 Å². The quantitative estimate of drug-likeness (QED) is 0.843. The van der Waals surface area contributed by atoms with Crippen molar-refractivity contribution in [1.82, 2.24) is 10.3 Å². The molecule has 0 saturated carbocycles. The van der Waals surface area contributed by atoms with Crippen molar-refractivity contribution < 1.29 is 4.74 Å². The maximum atomic E-state index is 6.28. The first-order valence-electron chi connectivity index (χ1n) is 7.19. The van der Waals surface area contributed by atoms with Gasteiger partial charge in [-0.15, -0.1) is 0 Å². The van der Waals surface area contributed by atoms with Crippen LogP contribution in [-0.4, -0.2) is 17.6 Å². The lowest BCUT2D eigenvalue weighted by atomic mass is 10.2. The van der Waals surface area contributed by atoms with Gasteiger partial charge >= 0.3 is 0 Å². The fraction of sp³-hybridized carbons (Fsp3) is 0.353. The SMILES string of the molecule is CC(C)NCc1c(Cl)cccc1OCCc1cccnc1. The highest BCUT2D eigenvalue weighted by atomic mass is 35.5. The van der Waals surface area contributed by atoms with Gasteiger partial charge in [-0.05, 0) is 23.8 Å². The normalized spacial score (nSPS) is 10.9. The van der Waals surface area contributed by atoms with Gasteiger partial charge in [-0.3, -0.25) is 4.98 Å². The monoisotopic (exact) mass is 304 g/mol. The number of nitrogens with one attached hydrogen (secondary N) is 1. The zero-order valence-electron chi connectivity index (χ0n) is 12.5. The van der Waals surface area contributed by atoms with E-state index in [9.17, 15) is 0 Å². The number of benzene rings is 1. The first-order chi connectivity index (χ1) is 10.2. The minimum atomic E-state index is 0.407. The minimum absolute atomic E-state index is 0.407. The molecule has 0 amide bonds. The Morgan fingerprint density at radius 3 is 2.81 bits per heavy atom. The lowest BCUT2D eigenvalue weighted by Gasteiger charge is -2.15. The molecule has 0 aliphatic carbocycles.